The SMILES string of the molecule is COc1cc(OC)c(OC)cc1/C=C1/SC(=O)N(Cc2ccc(F)cc2Cl)C1=O. The molecule has 1 saturated heterocycles. The third-order valence-corrected chi connectivity index (χ3v) is 5.50. The van der Waals surface area contributed by atoms with Crippen molar-refractivity contribution in [1.82, 2.24) is 4.90 Å². The molecule has 0 aromatic heterocycles. The van der Waals surface area contributed by atoms with Crippen LogP contribution in [-0.2, 0) is 11.3 Å². The lowest BCUT2D eigenvalue weighted by Gasteiger charge is -2.14. The highest BCUT2D eigenvalue weighted by molar-refractivity contribution is 8.18. The van der Waals surface area contributed by atoms with Crippen molar-refractivity contribution in [1.29, 1.82) is 0 Å². The summed E-state index contributed by atoms with van der Waals surface area (Å²) < 4.78 is 29.1. The fraction of sp³-hybridized carbons (Fsp3) is 0.200. The number of ether oxygens (including phenoxy) is 3. The summed E-state index contributed by atoms with van der Waals surface area (Å²) in [4.78, 5) is 26.4. The highest BCUT2D eigenvalue weighted by Crippen LogP contribution is 2.39. The van der Waals surface area contributed by atoms with Crippen molar-refractivity contribution in [2.45, 2.75) is 6.54 Å². The number of thioether (sulfide) groups is 1. The van der Waals surface area contributed by atoms with Crippen molar-refractivity contribution in [3.05, 3.63) is 57.2 Å². The quantitative estimate of drug-likeness (QED) is 0.608. The lowest BCUT2D eigenvalue weighted by molar-refractivity contribution is -0.123. The number of nitrogens with zero attached hydrogens (tertiary/aromatic N) is 1. The topological polar surface area (TPSA) is 65.1 Å². The second-order valence-electron chi connectivity index (χ2n) is 5.95. The maximum absolute atomic E-state index is 13.2. The Morgan fingerprint density at radius 2 is 1.69 bits per heavy atom. The molecule has 0 atom stereocenters. The van der Waals surface area contributed by atoms with Gasteiger partial charge in [-0.2, -0.15) is 0 Å². The average molecular weight is 438 g/mol. The standard InChI is InChI=1S/C20H17ClFNO5S/c1-26-15-9-17(28-3)16(27-2)6-12(15)7-18-19(24)23(20(25)29-18)10-11-4-5-13(22)8-14(11)21/h4-9H,10H2,1-3H3/b18-7+. The zero-order valence-electron chi connectivity index (χ0n) is 15.8. The van der Waals surface area contributed by atoms with Crippen molar-refractivity contribution >= 4 is 40.6 Å². The number of halogens is 2. The Kier molecular flexibility index (Phi) is 6.34. The zero-order chi connectivity index (χ0) is 21.1. The molecule has 29 heavy (non-hydrogen) atoms. The van der Waals surface area contributed by atoms with Gasteiger partial charge >= 0.3 is 0 Å². The largest absolute Gasteiger partial charge is 0.496 e. The number of rotatable bonds is 6. The van der Waals surface area contributed by atoms with E-state index in [2.05, 4.69) is 0 Å². The minimum absolute atomic E-state index is 0.0514. The zero-order valence-corrected chi connectivity index (χ0v) is 17.4. The van der Waals surface area contributed by atoms with Gasteiger partial charge in [0.05, 0.1) is 32.8 Å². The predicted octanol–water partition coefficient (Wildman–Crippen LogP) is 4.74. The van der Waals surface area contributed by atoms with Gasteiger partial charge in [-0.3, -0.25) is 14.5 Å². The minimum atomic E-state index is -0.492. The molecule has 3 rings (SSSR count). The van der Waals surface area contributed by atoms with E-state index in [4.69, 9.17) is 25.8 Å². The molecule has 1 aliphatic heterocycles. The Balaban J connectivity index is 1.92. The fourth-order valence-corrected chi connectivity index (χ4v) is 3.82. The molecule has 2 aromatic rings. The van der Waals surface area contributed by atoms with Crippen LogP contribution in [0, 0.1) is 5.82 Å². The first-order valence-electron chi connectivity index (χ1n) is 8.37. The summed E-state index contributed by atoms with van der Waals surface area (Å²) in [5, 5.41) is -0.296. The van der Waals surface area contributed by atoms with Crippen LogP contribution in [0.4, 0.5) is 9.18 Å². The molecule has 1 heterocycles. The van der Waals surface area contributed by atoms with Crippen LogP contribution < -0.4 is 14.2 Å². The van der Waals surface area contributed by atoms with E-state index in [-0.39, 0.29) is 16.5 Å². The van der Waals surface area contributed by atoms with Crippen molar-refractivity contribution in [3.8, 4) is 17.2 Å². The van der Waals surface area contributed by atoms with Crippen LogP contribution in [0.25, 0.3) is 6.08 Å². The molecular formula is C20H17ClFNO5S. The molecule has 0 bridgehead atoms. The van der Waals surface area contributed by atoms with Crippen molar-refractivity contribution in [3.63, 3.8) is 0 Å². The van der Waals surface area contributed by atoms with Crippen LogP contribution in [0.5, 0.6) is 17.2 Å². The second kappa shape index (κ2) is 8.75. The molecule has 0 N–H and O–H groups in total. The number of hydrogen-bond acceptors (Lipinski definition) is 6. The van der Waals surface area contributed by atoms with E-state index in [1.54, 1.807) is 18.2 Å². The molecule has 6 nitrogen and oxygen atoms in total. The predicted molar refractivity (Wildman–Crippen MR) is 109 cm³/mol. The van der Waals surface area contributed by atoms with Gasteiger partial charge in [-0.1, -0.05) is 17.7 Å². The maximum atomic E-state index is 13.2. The number of amides is 2. The summed E-state index contributed by atoms with van der Waals surface area (Å²) in [5.74, 6) is 0.416. The van der Waals surface area contributed by atoms with Crippen LogP contribution in [0.1, 0.15) is 11.1 Å². The lowest BCUT2D eigenvalue weighted by atomic mass is 10.1. The first-order valence-corrected chi connectivity index (χ1v) is 9.56. The van der Waals surface area contributed by atoms with Gasteiger partial charge < -0.3 is 14.2 Å². The van der Waals surface area contributed by atoms with Crippen LogP contribution in [0.3, 0.4) is 0 Å². The van der Waals surface area contributed by atoms with E-state index in [0.717, 1.165) is 22.7 Å². The van der Waals surface area contributed by atoms with Gasteiger partial charge in [0.2, 0.25) is 0 Å². The summed E-state index contributed by atoms with van der Waals surface area (Å²) in [6.07, 6.45) is 1.55. The summed E-state index contributed by atoms with van der Waals surface area (Å²) in [6, 6.07) is 7.10. The Morgan fingerprint density at radius 3 is 2.31 bits per heavy atom. The number of benzene rings is 2. The molecule has 1 aliphatic rings. The highest BCUT2D eigenvalue weighted by atomic mass is 35.5. The van der Waals surface area contributed by atoms with Crippen molar-refractivity contribution in [2.24, 2.45) is 0 Å². The normalized spacial score (nSPS) is 15.2. The Bertz CT molecular complexity index is 1010. The van der Waals surface area contributed by atoms with E-state index < -0.39 is 17.0 Å². The van der Waals surface area contributed by atoms with Gasteiger partial charge in [0.25, 0.3) is 11.1 Å². The minimum Gasteiger partial charge on any atom is -0.496 e. The first kappa shape index (κ1) is 21.0. The summed E-state index contributed by atoms with van der Waals surface area (Å²) in [5.41, 5.74) is 1.02. The molecule has 0 aliphatic carbocycles. The molecule has 0 spiro atoms. The van der Waals surface area contributed by atoms with Crippen LogP contribution in [0.15, 0.2) is 35.2 Å². The summed E-state index contributed by atoms with van der Waals surface area (Å²) in [6.45, 7) is -0.0514. The fourth-order valence-electron chi connectivity index (χ4n) is 2.76. The van der Waals surface area contributed by atoms with Gasteiger partial charge in [0.1, 0.15) is 11.6 Å². The lowest BCUT2D eigenvalue weighted by Crippen LogP contribution is -2.27. The van der Waals surface area contributed by atoms with Crippen LogP contribution in [-0.4, -0.2) is 37.4 Å². The van der Waals surface area contributed by atoms with E-state index in [0.29, 0.717) is 28.4 Å². The van der Waals surface area contributed by atoms with Crippen LogP contribution in [0.2, 0.25) is 5.02 Å². The number of carbonyl (C=O) groups is 2. The molecule has 2 aromatic carbocycles. The van der Waals surface area contributed by atoms with Gasteiger partial charge in [0.15, 0.2) is 11.5 Å². The molecule has 0 unspecified atom stereocenters. The highest BCUT2D eigenvalue weighted by Gasteiger charge is 2.35. The molecule has 1 fully saturated rings. The summed E-state index contributed by atoms with van der Waals surface area (Å²) in [7, 11) is 4.48. The van der Waals surface area contributed by atoms with E-state index in [1.807, 2.05) is 0 Å². The van der Waals surface area contributed by atoms with Gasteiger partial charge in [-0.05, 0) is 41.6 Å². The maximum Gasteiger partial charge on any atom is 0.293 e. The number of hydrogen-bond donors (Lipinski definition) is 0. The smallest absolute Gasteiger partial charge is 0.293 e. The Labute approximate surface area is 176 Å². The third kappa shape index (κ3) is 4.33. The first-order chi connectivity index (χ1) is 13.9. The second-order valence-corrected chi connectivity index (χ2v) is 7.35. The number of carbonyl (C=O) groups excluding carboxylic acids is 2. The molecule has 0 radical (unpaired) electrons. The van der Waals surface area contributed by atoms with Crippen molar-refractivity contribution in [2.75, 3.05) is 21.3 Å². The van der Waals surface area contributed by atoms with E-state index in [9.17, 15) is 14.0 Å². The summed E-state index contributed by atoms with van der Waals surface area (Å²) >= 11 is 6.82. The number of imide groups is 1. The monoisotopic (exact) mass is 437 g/mol. The van der Waals surface area contributed by atoms with Crippen LogP contribution >= 0.6 is 23.4 Å². The molecule has 2 amide bonds. The Morgan fingerprint density at radius 1 is 1.03 bits per heavy atom. The third-order valence-electron chi connectivity index (χ3n) is 4.24. The molecular weight excluding hydrogens is 421 g/mol. The van der Waals surface area contributed by atoms with Gasteiger partial charge in [-0.15, -0.1) is 0 Å². The van der Waals surface area contributed by atoms with E-state index in [1.165, 1.54) is 33.5 Å². The van der Waals surface area contributed by atoms with Gasteiger partial charge in [-0.25, -0.2) is 4.39 Å². The van der Waals surface area contributed by atoms with Crippen molar-refractivity contribution < 1.29 is 28.2 Å². The number of methoxy groups -OCH3 is 3. The van der Waals surface area contributed by atoms with Gasteiger partial charge in [0, 0.05) is 16.7 Å². The molecule has 152 valence electrons. The average Bonchev–Trinajstić information content (AvgIpc) is 2.96. The van der Waals surface area contributed by atoms with E-state index >= 15 is 0 Å². The Hall–Kier alpha value is -2.71. The molecule has 0 saturated carbocycles. The molecule has 9 heteroatoms.